The van der Waals surface area contributed by atoms with Gasteiger partial charge in [0.25, 0.3) is 5.56 Å². The first-order valence-corrected chi connectivity index (χ1v) is 32.6. The summed E-state index contributed by atoms with van der Waals surface area (Å²) < 4.78 is 28.5. The second kappa shape index (κ2) is 34.6. The molecule has 0 radical (unpaired) electrons. The molecule has 9 heterocycles. The number of azo groups is 1. The summed E-state index contributed by atoms with van der Waals surface area (Å²) >= 11 is 6.00. The number of anilines is 2. The number of nitrogens with one attached hydrogen (secondary N) is 7. The van der Waals surface area contributed by atoms with Gasteiger partial charge in [-0.15, -0.1) is 20.8 Å². The number of aromatic nitrogens is 12. The van der Waals surface area contributed by atoms with Gasteiger partial charge in [0.1, 0.15) is 23.3 Å². The lowest BCUT2D eigenvalue weighted by molar-refractivity contribution is 0.291. The quantitative estimate of drug-likeness (QED) is 0.0689. The van der Waals surface area contributed by atoms with E-state index in [0.29, 0.717) is 39.9 Å². The summed E-state index contributed by atoms with van der Waals surface area (Å²) in [6, 6.07) is 5.18. The van der Waals surface area contributed by atoms with Crippen molar-refractivity contribution in [3.8, 4) is 0 Å². The summed E-state index contributed by atoms with van der Waals surface area (Å²) in [6.45, 7) is 56.0. The van der Waals surface area contributed by atoms with Crippen LogP contribution in [0.2, 0.25) is 0 Å². The van der Waals surface area contributed by atoms with Crippen molar-refractivity contribution >= 4 is 68.9 Å². The van der Waals surface area contributed by atoms with Gasteiger partial charge in [-0.3, -0.25) is 29.3 Å². The number of amidine groups is 2. The monoisotopic (exact) mass is 1360 g/mol. The molecule has 0 fully saturated rings. The van der Waals surface area contributed by atoms with Crippen LogP contribution in [0.4, 0.5) is 11.1 Å². The highest BCUT2D eigenvalue weighted by molar-refractivity contribution is 7.79. The molecule has 1 unspecified atom stereocenters. The van der Waals surface area contributed by atoms with E-state index < -0.39 is 17.0 Å². The van der Waals surface area contributed by atoms with E-state index in [1.54, 1.807) is 6.20 Å². The van der Waals surface area contributed by atoms with Gasteiger partial charge in [-0.1, -0.05) is 203 Å². The molecule has 2 aliphatic heterocycles. The Bertz CT molecular complexity index is 3520. The number of rotatable bonds is 1. The van der Waals surface area contributed by atoms with Crippen molar-refractivity contribution < 1.29 is 17.5 Å². The first-order valence-electron chi connectivity index (χ1n) is 29.4. The Balaban J connectivity index is 0.000000518. The van der Waals surface area contributed by atoms with Crippen LogP contribution in [0.1, 0.15) is 234 Å². The maximum absolute atomic E-state index is 10.8. The third-order valence-corrected chi connectivity index (χ3v) is 13.5. The van der Waals surface area contributed by atoms with Crippen LogP contribution in [-0.4, -0.2) is 82.9 Å². The maximum atomic E-state index is 10.8. The minimum Gasteiger partial charge on any atom is -0.383 e. The Labute approximate surface area is 556 Å². The minimum atomic E-state index is -1.52. The van der Waals surface area contributed by atoms with Crippen molar-refractivity contribution in [2.45, 2.75) is 231 Å². The number of nitrogens with two attached hydrogens (primary N) is 2. The molecule has 7 aromatic heterocycles. The van der Waals surface area contributed by atoms with Gasteiger partial charge in [-0.2, -0.15) is 14.6 Å². The van der Waals surface area contributed by atoms with Crippen LogP contribution in [0.5, 0.6) is 0 Å². The normalized spacial score (nSPS) is 14.0. The number of hydroxylamine groups is 1. The van der Waals surface area contributed by atoms with Crippen LogP contribution in [-0.2, 0) is 53.5 Å². The van der Waals surface area contributed by atoms with Gasteiger partial charge in [0.2, 0.25) is 10.7 Å². The SMILES string of the molecule is CC(C)(C)C1=NS(=O)ON1.CC(C)(C)CC1=NCN=N1.CC(C)(C)c1cc(=O)[nH]o1.CC(C)(C)c1ccnc(=O)[nH]1.CC(C)(C)c1ccnc(N)n1.CC(C)(C)c1csc(=O)[nH]1.CC(C)(C)c1csc(N)n1.CC(C)(C)c1nc(=S)[nH][nH]1.CC(C)(C)c1noc(=O)[nH]1. The topological polar surface area (TPSA) is 406 Å². The largest absolute Gasteiger partial charge is 0.438 e. The first-order chi connectivity index (χ1) is 41.6. The van der Waals surface area contributed by atoms with Crippen molar-refractivity contribution in [2.75, 3.05) is 18.1 Å². The summed E-state index contributed by atoms with van der Waals surface area (Å²) in [4.78, 5) is 74.3. The molecule has 9 rings (SSSR count). The molecular formula is C61H103N19O8S4. The molecule has 0 spiro atoms. The number of thiazole rings is 2. The average molecular weight is 1360 g/mol. The zero-order valence-corrected chi connectivity index (χ0v) is 62.2. The molecule has 7 aromatic rings. The molecule has 27 nitrogen and oxygen atoms in total. The highest BCUT2D eigenvalue weighted by Gasteiger charge is 2.26. The molecule has 0 amide bonds. The number of hydrogen-bond donors (Lipinski definition) is 9. The van der Waals surface area contributed by atoms with E-state index in [1.165, 1.54) is 34.9 Å². The lowest BCUT2D eigenvalue weighted by atomic mass is 9.92. The fraction of sp³-hybridized carbons (Fsp3) is 0.623. The van der Waals surface area contributed by atoms with Crippen LogP contribution in [0.3, 0.4) is 0 Å². The van der Waals surface area contributed by atoms with Gasteiger partial charge in [0.05, 0.1) is 11.4 Å². The van der Waals surface area contributed by atoms with Crippen molar-refractivity contribution in [1.82, 2.24) is 65.9 Å². The van der Waals surface area contributed by atoms with Gasteiger partial charge in [0, 0.05) is 90.3 Å². The average Bonchev–Trinajstić information content (AvgIpc) is 1.22. The number of nitrogens with zero attached hydrogens (tertiary/aromatic N) is 10. The van der Waals surface area contributed by atoms with Gasteiger partial charge >= 0.3 is 27.6 Å². The van der Waals surface area contributed by atoms with E-state index in [0.717, 1.165) is 40.9 Å². The lowest BCUT2D eigenvalue weighted by Gasteiger charge is -2.17. The highest BCUT2D eigenvalue weighted by atomic mass is 32.2. The molecule has 11 N–H and O–H groups in total. The summed E-state index contributed by atoms with van der Waals surface area (Å²) in [5, 5.41) is 23.7. The standard InChI is InChI=1S/C8H13N3.C8H12N2O.C7H13N3.C7H12N2S.C7H11NO2.C7H11NOS.C6H11N3S.C6H10N2O2.C5H10N2O2S/c1-8(2,3)6-4-5-10-7(9)11-6;1-8(2,3)6-4-5-9-7(11)10-6;1-7(2,3)4-6-8-5-9-10-6;1-7(2,3)5-4-10-6(8)9-5;1-7(2,3)5-4-6(9)8-10-5;1-7(2,3)5-4-10-6(9)8-5;1-6(2,3)4-7-5(10)9-8-4;1-6(2,3)4-7-5(9)10-8-4;1-5(2,3)4-6-9-10(8)7-4/h4-5H,1-3H3,(H2,9,10,11);4-5H,1-3H3,(H,9,10,11);4-5H2,1-3H3;4H,1-3H3,(H2,8,9);2*4H,1-3H3,(H,8,9);1-3H3,(H2,7,8,9,10);1-3H3,(H,7,8,9);1-3H3,(H,6,7). The third kappa shape index (κ3) is 34.4. The zero-order valence-electron chi connectivity index (χ0n) is 59.0. The number of hydrogen-bond acceptors (Lipinski definition) is 23. The Morgan fingerprint density at radius 2 is 1.18 bits per heavy atom. The maximum Gasteiger partial charge on any atom is 0.438 e. The highest BCUT2D eigenvalue weighted by Crippen LogP contribution is 2.26. The van der Waals surface area contributed by atoms with Gasteiger partial charge in [0.15, 0.2) is 17.6 Å². The van der Waals surface area contributed by atoms with Crippen molar-refractivity contribution in [3.63, 3.8) is 0 Å². The second-order valence-electron chi connectivity index (χ2n) is 30.3. The van der Waals surface area contributed by atoms with Crippen LogP contribution < -0.4 is 38.8 Å². The lowest BCUT2D eigenvalue weighted by Crippen LogP contribution is -2.30. The minimum absolute atomic E-state index is 0.0118. The zero-order chi connectivity index (χ0) is 71.2. The fourth-order valence-electron chi connectivity index (χ4n) is 6.01. The van der Waals surface area contributed by atoms with Crippen LogP contribution >= 0.6 is 34.9 Å². The second-order valence-corrected chi connectivity index (χ2v) is 33.2. The molecule has 0 aromatic carbocycles. The van der Waals surface area contributed by atoms with Crippen molar-refractivity contribution in [1.29, 1.82) is 0 Å². The van der Waals surface area contributed by atoms with Crippen molar-refractivity contribution in [3.05, 3.63) is 127 Å². The Morgan fingerprint density at radius 3 is 1.45 bits per heavy atom. The smallest absolute Gasteiger partial charge is 0.383 e. The van der Waals surface area contributed by atoms with Crippen molar-refractivity contribution in [2.24, 2.45) is 30.4 Å². The van der Waals surface area contributed by atoms with E-state index in [4.69, 9.17) is 28.2 Å². The predicted molar refractivity (Wildman–Crippen MR) is 374 cm³/mol. The van der Waals surface area contributed by atoms with E-state index in [2.05, 4.69) is 198 Å². The van der Waals surface area contributed by atoms with Gasteiger partial charge < -0.3 is 26.0 Å². The van der Waals surface area contributed by atoms with Gasteiger partial charge in [-0.05, 0) is 29.8 Å². The van der Waals surface area contributed by atoms with Crippen LogP contribution in [0.15, 0.2) is 89.2 Å². The first kappa shape index (κ1) is 82.8. The predicted octanol–water partition coefficient (Wildman–Crippen LogP) is 12.7. The molecule has 0 saturated heterocycles. The Kier molecular flexibility index (Phi) is 31.2. The molecule has 0 aliphatic carbocycles. The number of aromatic amines is 6. The number of nitrogen functional groups attached to an aromatic ring is 2. The molecule has 92 heavy (non-hydrogen) atoms. The molecule has 514 valence electrons. The summed E-state index contributed by atoms with van der Waals surface area (Å²) in [6.07, 6.45) is 4.14. The van der Waals surface area contributed by atoms with Crippen LogP contribution in [0, 0.1) is 15.6 Å². The molecule has 0 saturated carbocycles. The van der Waals surface area contributed by atoms with E-state index >= 15 is 0 Å². The van der Waals surface area contributed by atoms with Crippen LogP contribution in [0.25, 0.3) is 0 Å². The molecule has 2 aliphatic rings. The molecule has 1 atom stereocenters. The number of H-pyrrole nitrogens is 6. The summed E-state index contributed by atoms with van der Waals surface area (Å²) in [5.41, 5.74) is 17.2. The summed E-state index contributed by atoms with van der Waals surface area (Å²) in [5.74, 6) is 3.55. The Morgan fingerprint density at radius 1 is 0.609 bits per heavy atom. The number of aliphatic imine (C=N–C) groups is 1. The van der Waals surface area contributed by atoms with E-state index in [1.807, 2.05) is 106 Å². The summed E-state index contributed by atoms with van der Waals surface area (Å²) in [7, 11) is 0. The fourth-order valence-corrected chi connectivity index (χ4v) is 8.39. The molecule has 0 bridgehead atoms. The van der Waals surface area contributed by atoms with E-state index in [-0.39, 0.29) is 64.9 Å². The van der Waals surface area contributed by atoms with Gasteiger partial charge in [-0.25, -0.2) is 49.2 Å². The Hall–Kier alpha value is -7.22. The van der Waals surface area contributed by atoms with E-state index in [9.17, 15) is 23.4 Å². The molecular weight excluding hydrogens is 1260 g/mol. The third-order valence-electron chi connectivity index (χ3n) is 11.4. The molecule has 31 heteroatoms.